The lowest BCUT2D eigenvalue weighted by Gasteiger charge is -2.71. The Labute approximate surface area is 188 Å². The molecular formula is C30H52. The van der Waals surface area contributed by atoms with Gasteiger partial charge in [0.2, 0.25) is 0 Å². The summed E-state index contributed by atoms with van der Waals surface area (Å²) in [5.41, 5.74) is 2.49. The van der Waals surface area contributed by atoms with Crippen molar-refractivity contribution in [2.75, 3.05) is 0 Å². The highest BCUT2D eigenvalue weighted by atomic mass is 14.7. The van der Waals surface area contributed by atoms with Crippen LogP contribution in [0.25, 0.3) is 0 Å². The van der Waals surface area contributed by atoms with Gasteiger partial charge in [-0.2, -0.15) is 0 Å². The summed E-state index contributed by atoms with van der Waals surface area (Å²) in [7, 11) is 0. The van der Waals surface area contributed by atoms with Crippen LogP contribution in [0.5, 0.6) is 0 Å². The average Bonchev–Trinajstić information content (AvgIpc) is 3.04. The molecule has 5 aliphatic carbocycles. The molecule has 0 amide bonds. The molecule has 5 fully saturated rings. The highest BCUT2D eigenvalue weighted by Crippen LogP contribution is 2.76. The first-order valence-corrected chi connectivity index (χ1v) is 14.1. The van der Waals surface area contributed by atoms with Crippen molar-refractivity contribution in [2.24, 2.45) is 63.1 Å². The number of hydrogen-bond donors (Lipinski definition) is 0. The molecule has 0 saturated heterocycles. The summed E-state index contributed by atoms with van der Waals surface area (Å²) in [6.45, 7) is 18.5. The molecule has 0 nitrogen and oxygen atoms in total. The molecule has 0 unspecified atom stereocenters. The second-order valence-electron chi connectivity index (χ2n) is 14.5. The van der Waals surface area contributed by atoms with Gasteiger partial charge in [-0.15, -0.1) is 0 Å². The minimum Gasteiger partial charge on any atom is -0.0648 e. The van der Waals surface area contributed by atoms with E-state index in [9.17, 15) is 0 Å². The molecule has 172 valence electrons. The Kier molecular flexibility index (Phi) is 5.09. The fourth-order valence-electron chi connectivity index (χ4n) is 11.9. The molecule has 0 spiro atoms. The van der Waals surface area contributed by atoms with Gasteiger partial charge in [0.05, 0.1) is 0 Å². The van der Waals surface area contributed by atoms with Crippen molar-refractivity contribution in [3.8, 4) is 0 Å². The third-order valence-electron chi connectivity index (χ3n) is 13.3. The van der Waals surface area contributed by atoms with E-state index in [0.29, 0.717) is 21.7 Å². The van der Waals surface area contributed by atoms with Gasteiger partial charge < -0.3 is 0 Å². The van der Waals surface area contributed by atoms with Crippen molar-refractivity contribution in [1.29, 1.82) is 0 Å². The molecule has 5 aliphatic rings. The fraction of sp³-hybridized carbons (Fsp3) is 1.00. The highest BCUT2D eigenvalue weighted by molar-refractivity contribution is 5.17. The van der Waals surface area contributed by atoms with Crippen LogP contribution in [0, 0.1) is 63.1 Å². The summed E-state index contributed by atoms with van der Waals surface area (Å²) in [4.78, 5) is 0. The SMILES string of the molecule is CC[C@@]12CC[C@@H]3[C@@H](C(C)C)CC[C@]3(C)[C@H]1CC[C@@H]1[C@H]3CCCC(C)(C)[C@@H]3CC[C@]12C. The van der Waals surface area contributed by atoms with Crippen molar-refractivity contribution < 1.29 is 0 Å². The molecule has 0 aromatic rings. The van der Waals surface area contributed by atoms with Crippen molar-refractivity contribution in [3.05, 3.63) is 0 Å². The molecule has 5 rings (SSSR count). The molecule has 0 aromatic carbocycles. The van der Waals surface area contributed by atoms with Gasteiger partial charge in [-0.3, -0.25) is 0 Å². The Morgan fingerprint density at radius 3 is 2.17 bits per heavy atom. The first kappa shape index (κ1) is 21.8. The van der Waals surface area contributed by atoms with E-state index in [0.717, 1.165) is 41.4 Å². The number of rotatable bonds is 2. The maximum atomic E-state index is 2.84. The van der Waals surface area contributed by atoms with E-state index in [4.69, 9.17) is 0 Å². The molecule has 0 heteroatoms. The van der Waals surface area contributed by atoms with E-state index in [2.05, 4.69) is 48.5 Å². The normalized spacial score (nSPS) is 54.8. The molecule has 9 atom stereocenters. The van der Waals surface area contributed by atoms with Crippen LogP contribution in [0.2, 0.25) is 0 Å². The van der Waals surface area contributed by atoms with Gasteiger partial charge in [0, 0.05) is 0 Å². The van der Waals surface area contributed by atoms with Crippen molar-refractivity contribution in [3.63, 3.8) is 0 Å². The lowest BCUT2D eigenvalue weighted by molar-refractivity contribution is -0.225. The van der Waals surface area contributed by atoms with Crippen LogP contribution in [-0.4, -0.2) is 0 Å². The van der Waals surface area contributed by atoms with Crippen LogP contribution in [0.15, 0.2) is 0 Å². The molecule has 0 aliphatic heterocycles. The van der Waals surface area contributed by atoms with Gasteiger partial charge in [-0.05, 0) is 134 Å². The topological polar surface area (TPSA) is 0 Å². The molecule has 0 radical (unpaired) electrons. The van der Waals surface area contributed by atoms with Gasteiger partial charge in [-0.25, -0.2) is 0 Å². The standard InChI is InChI=1S/C30H52/c1-8-30-19-15-24-21(20(2)3)13-17-28(24,6)26(30)12-11-25-22-10-9-16-27(4,5)23(22)14-18-29(25,30)7/h20-26H,8-19H2,1-7H3/t21-,22+,23-,24-,25-,26-,28+,29-,30-/m1/s1. The second kappa shape index (κ2) is 7.00. The largest absolute Gasteiger partial charge is 0.0648 e. The molecule has 5 saturated carbocycles. The van der Waals surface area contributed by atoms with Crippen LogP contribution >= 0.6 is 0 Å². The van der Waals surface area contributed by atoms with E-state index in [1.165, 1.54) is 38.5 Å². The maximum absolute atomic E-state index is 2.84. The Hall–Kier alpha value is 0. The van der Waals surface area contributed by atoms with Gasteiger partial charge in [-0.1, -0.05) is 54.9 Å². The average molecular weight is 413 g/mol. The second-order valence-corrected chi connectivity index (χ2v) is 14.5. The minimum absolute atomic E-state index is 0.597. The van der Waals surface area contributed by atoms with Crippen LogP contribution in [0.3, 0.4) is 0 Å². The van der Waals surface area contributed by atoms with E-state index >= 15 is 0 Å². The van der Waals surface area contributed by atoms with E-state index in [1.54, 1.807) is 38.5 Å². The van der Waals surface area contributed by atoms with Crippen LogP contribution in [0.1, 0.15) is 126 Å². The summed E-state index contributed by atoms with van der Waals surface area (Å²) in [6.07, 6.45) is 18.4. The monoisotopic (exact) mass is 412 g/mol. The molecule has 30 heavy (non-hydrogen) atoms. The Morgan fingerprint density at radius 2 is 1.47 bits per heavy atom. The van der Waals surface area contributed by atoms with E-state index in [1.807, 2.05) is 0 Å². The number of fused-ring (bicyclic) bond motifs is 7. The summed E-state index contributed by atoms with van der Waals surface area (Å²) < 4.78 is 0. The van der Waals surface area contributed by atoms with Gasteiger partial charge in [0.15, 0.2) is 0 Å². The smallest absolute Gasteiger partial charge is 0.0210 e. The van der Waals surface area contributed by atoms with Gasteiger partial charge in [0.25, 0.3) is 0 Å². The third-order valence-corrected chi connectivity index (χ3v) is 13.3. The van der Waals surface area contributed by atoms with Crippen molar-refractivity contribution in [2.45, 2.75) is 126 Å². The summed E-state index contributed by atoms with van der Waals surface area (Å²) in [5, 5.41) is 0. The van der Waals surface area contributed by atoms with E-state index < -0.39 is 0 Å². The predicted molar refractivity (Wildman–Crippen MR) is 129 cm³/mol. The quantitative estimate of drug-likeness (QED) is 0.424. The zero-order chi connectivity index (χ0) is 21.5. The van der Waals surface area contributed by atoms with E-state index in [-0.39, 0.29) is 0 Å². The summed E-state index contributed by atoms with van der Waals surface area (Å²) in [5.74, 6) is 6.99. The lowest BCUT2D eigenvalue weighted by Crippen LogP contribution is -2.64. The number of hydrogen-bond acceptors (Lipinski definition) is 0. The molecule has 0 N–H and O–H groups in total. The first-order chi connectivity index (χ1) is 14.1. The third kappa shape index (κ3) is 2.64. The zero-order valence-corrected chi connectivity index (χ0v) is 21.5. The lowest BCUT2D eigenvalue weighted by atomic mass is 9.33. The summed E-state index contributed by atoms with van der Waals surface area (Å²) in [6, 6.07) is 0. The molecule has 0 heterocycles. The van der Waals surface area contributed by atoms with Crippen molar-refractivity contribution >= 4 is 0 Å². The predicted octanol–water partition coefficient (Wildman–Crippen LogP) is 9.13. The minimum atomic E-state index is 0.597. The molecule has 0 aromatic heterocycles. The van der Waals surface area contributed by atoms with Gasteiger partial charge >= 0.3 is 0 Å². The zero-order valence-electron chi connectivity index (χ0n) is 21.5. The Morgan fingerprint density at radius 1 is 0.733 bits per heavy atom. The Bertz CT molecular complexity index is 659. The molecule has 0 bridgehead atoms. The van der Waals surface area contributed by atoms with Gasteiger partial charge in [0.1, 0.15) is 0 Å². The highest BCUT2D eigenvalue weighted by Gasteiger charge is 2.69. The van der Waals surface area contributed by atoms with Crippen molar-refractivity contribution in [1.82, 2.24) is 0 Å². The first-order valence-electron chi connectivity index (χ1n) is 14.1. The van der Waals surface area contributed by atoms with Crippen LogP contribution in [0.4, 0.5) is 0 Å². The maximum Gasteiger partial charge on any atom is -0.0210 e. The van der Waals surface area contributed by atoms with Crippen LogP contribution in [-0.2, 0) is 0 Å². The Balaban J connectivity index is 1.52. The van der Waals surface area contributed by atoms with Crippen LogP contribution < -0.4 is 0 Å². The summed E-state index contributed by atoms with van der Waals surface area (Å²) >= 11 is 0. The molecular weight excluding hydrogens is 360 g/mol. The fourth-order valence-corrected chi connectivity index (χ4v) is 11.9.